The number of hydrogen-bond acceptors (Lipinski definition) is 2. The summed E-state index contributed by atoms with van der Waals surface area (Å²) in [5.74, 6) is 0.0396. The Morgan fingerprint density at radius 3 is 2.39 bits per heavy atom. The fraction of sp³-hybridized carbons (Fsp3) is 0.188. The van der Waals surface area contributed by atoms with Crippen LogP contribution >= 0.6 is 0 Å². The second-order valence-corrected chi connectivity index (χ2v) is 5.05. The number of ketones is 1. The lowest BCUT2D eigenvalue weighted by Crippen LogP contribution is -2.28. The minimum atomic E-state index is -0.735. The number of carbonyl (C=O) groups excluding carboxylic acids is 1. The lowest BCUT2D eigenvalue weighted by molar-refractivity contribution is -0.125. The van der Waals surface area contributed by atoms with Gasteiger partial charge in [-0.2, -0.15) is 0 Å². The van der Waals surface area contributed by atoms with E-state index in [0.717, 1.165) is 10.9 Å². The topological polar surface area (TPSA) is 26.3 Å². The van der Waals surface area contributed by atoms with Crippen LogP contribution in [-0.2, 0) is 9.53 Å². The van der Waals surface area contributed by atoms with Gasteiger partial charge in [0.15, 0.2) is 5.60 Å². The first-order chi connectivity index (χ1) is 8.58. The van der Waals surface area contributed by atoms with Crippen LogP contribution < -0.4 is 0 Å². The summed E-state index contributed by atoms with van der Waals surface area (Å²) in [6, 6.07) is 14.1. The lowest BCUT2D eigenvalue weighted by Gasteiger charge is -2.15. The molecule has 0 aromatic heterocycles. The molecule has 0 saturated carbocycles. The molecule has 2 heteroatoms. The molecule has 0 spiro atoms. The predicted molar refractivity (Wildman–Crippen MR) is 72.1 cm³/mol. The minimum Gasteiger partial charge on any atom is -0.487 e. The monoisotopic (exact) mass is 238 g/mol. The standard InChI is InChI=1S/C16H14O2/c1-16(2)15(17)14(10-18-16)13-8-7-11-5-3-4-6-12(11)9-13/h3-10H,1-2H3. The fourth-order valence-corrected chi connectivity index (χ4v) is 2.19. The highest BCUT2D eigenvalue weighted by Gasteiger charge is 2.37. The molecule has 0 N–H and O–H groups in total. The molecule has 0 amide bonds. The summed E-state index contributed by atoms with van der Waals surface area (Å²) >= 11 is 0. The largest absolute Gasteiger partial charge is 0.487 e. The second-order valence-electron chi connectivity index (χ2n) is 5.05. The maximum absolute atomic E-state index is 12.2. The van der Waals surface area contributed by atoms with Gasteiger partial charge in [-0.1, -0.05) is 36.4 Å². The molecule has 3 rings (SSSR count). The average molecular weight is 238 g/mol. The van der Waals surface area contributed by atoms with Crippen molar-refractivity contribution in [1.82, 2.24) is 0 Å². The Morgan fingerprint density at radius 2 is 1.72 bits per heavy atom. The first kappa shape index (κ1) is 11.0. The van der Waals surface area contributed by atoms with Gasteiger partial charge < -0.3 is 4.74 Å². The molecular weight excluding hydrogens is 224 g/mol. The fourth-order valence-electron chi connectivity index (χ4n) is 2.19. The van der Waals surface area contributed by atoms with Crippen LogP contribution in [0.3, 0.4) is 0 Å². The molecule has 0 atom stereocenters. The Labute approximate surface area is 106 Å². The number of benzene rings is 2. The van der Waals surface area contributed by atoms with Crippen molar-refractivity contribution in [1.29, 1.82) is 0 Å². The molecule has 2 aromatic rings. The van der Waals surface area contributed by atoms with Gasteiger partial charge in [-0.05, 0) is 36.2 Å². The molecule has 0 saturated heterocycles. The molecule has 18 heavy (non-hydrogen) atoms. The normalized spacial score (nSPS) is 17.7. The SMILES string of the molecule is CC1(C)OC=C(c2ccc3ccccc3c2)C1=O. The summed E-state index contributed by atoms with van der Waals surface area (Å²) in [5, 5.41) is 2.31. The Kier molecular flexibility index (Phi) is 2.27. The Morgan fingerprint density at radius 1 is 1.00 bits per heavy atom. The van der Waals surface area contributed by atoms with Gasteiger partial charge in [0.25, 0.3) is 0 Å². The van der Waals surface area contributed by atoms with Gasteiger partial charge in [0.05, 0.1) is 11.8 Å². The molecule has 0 aliphatic carbocycles. The number of rotatable bonds is 1. The summed E-state index contributed by atoms with van der Waals surface area (Å²) < 4.78 is 5.42. The van der Waals surface area contributed by atoms with Crippen LogP contribution in [0.25, 0.3) is 16.3 Å². The molecular formula is C16H14O2. The number of hydrogen-bond donors (Lipinski definition) is 0. The van der Waals surface area contributed by atoms with Crippen molar-refractivity contribution in [3.63, 3.8) is 0 Å². The molecule has 1 aliphatic rings. The first-order valence-electron chi connectivity index (χ1n) is 6.00. The average Bonchev–Trinajstić information content (AvgIpc) is 2.64. The van der Waals surface area contributed by atoms with E-state index in [0.29, 0.717) is 5.57 Å². The third kappa shape index (κ3) is 1.61. The highest BCUT2D eigenvalue weighted by molar-refractivity contribution is 6.26. The van der Waals surface area contributed by atoms with E-state index in [1.54, 1.807) is 20.1 Å². The molecule has 0 radical (unpaired) electrons. The lowest BCUT2D eigenvalue weighted by atomic mass is 9.93. The van der Waals surface area contributed by atoms with Gasteiger partial charge >= 0.3 is 0 Å². The smallest absolute Gasteiger partial charge is 0.209 e. The molecule has 2 nitrogen and oxygen atoms in total. The van der Waals surface area contributed by atoms with E-state index in [4.69, 9.17) is 4.74 Å². The predicted octanol–water partition coefficient (Wildman–Crippen LogP) is 3.56. The number of Topliss-reactive ketones (excluding diaryl/α,β-unsaturated/α-hetero) is 1. The Hall–Kier alpha value is -2.09. The zero-order valence-electron chi connectivity index (χ0n) is 10.4. The summed E-state index contributed by atoms with van der Waals surface area (Å²) in [6.07, 6.45) is 1.58. The van der Waals surface area contributed by atoms with Gasteiger partial charge in [0.1, 0.15) is 0 Å². The van der Waals surface area contributed by atoms with Crippen LogP contribution in [0.15, 0.2) is 48.7 Å². The van der Waals surface area contributed by atoms with E-state index in [9.17, 15) is 4.79 Å². The third-order valence-electron chi connectivity index (χ3n) is 3.32. The van der Waals surface area contributed by atoms with E-state index in [1.165, 1.54) is 5.39 Å². The summed E-state index contributed by atoms with van der Waals surface area (Å²) in [6.45, 7) is 3.58. The molecule has 1 heterocycles. The zero-order valence-corrected chi connectivity index (χ0v) is 10.4. The van der Waals surface area contributed by atoms with Crippen molar-refractivity contribution in [2.24, 2.45) is 0 Å². The highest BCUT2D eigenvalue weighted by Crippen LogP contribution is 2.32. The molecule has 0 bridgehead atoms. The van der Waals surface area contributed by atoms with Gasteiger partial charge in [-0.15, -0.1) is 0 Å². The van der Waals surface area contributed by atoms with Crippen molar-refractivity contribution in [3.05, 3.63) is 54.3 Å². The summed E-state index contributed by atoms with van der Waals surface area (Å²) in [5.41, 5.74) is 0.844. The van der Waals surface area contributed by atoms with Crippen LogP contribution in [-0.4, -0.2) is 11.4 Å². The zero-order chi connectivity index (χ0) is 12.8. The first-order valence-corrected chi connectivity index (χ1v) is 6.00. The van der Waals surface area contributed by atoms with Gasteiger partial charge in [0.2, 0.25) is 5.78 Å². The van der Waals surface area contributed by atoms with Crippen LogP contribution in [0, 0.1) is 0 Å². The second kappa shape index (κ2) is 3.70. The van der Waals surface area contributed by atoms with Crippen molar-refractivity contribution in [2.75, 3.05) is 0 Å². The Balaban J connectivity index is 2.09. The van der Waals surface area contributed by atoms with Crippen LogP contribution in [0.2, 0.25) is 0 Å². The summed E-state index contributed by atoms with van der Waals surface area (Å²) in [7, 11) is 0. The highest BCUT2D eigenvalue weighted by atomic mass is 16.5. The van der Waals surface area contributed by atoms with Crippen molar-refractivity contribution < 1.29 is 9.53 Å². The van der Waals surface area contributed by atoms with Crippen molar-refractivity contribution >= 4 is 22.1 Å². The van der Waals surface area contributed by atoms with Crippen LogP contribution in [0.5, 0.6) is 0 Å². The maximum atomic E-state index is 12.2. The van der Waals surface area contributed by atoms with E-state index in [1.807, 2.05) is 36.4 Å². The molecule has 1 aliphatic heterocycles. The molecule has 0 fully saturated rings. The summed E-state index contributed by atoms with van der Waals surface area (Å²) in [4.78, 5) is 12.2. The molecule has 90 valence electrons. The van der Waals surface area contributed by atoms with Gasteiger partial charge in [0, 0.05) is 0 Å². The van der Waals surface area contributed by atoms with E-state index < -0.39 is 5.60 Å². The maximum Gasteiger partial charge on any atom is 0.209 e. The molecule has 2 aromatic carbocycles. The molecule has 0 unspecified atom stereocenters. The van der Waals surface area contributed by atoms with Crippen LogP contribution in [0.1, 0.15) is 19.4 Å². The third-order valence-corrected chi connectivity index (χ3v) is 3.32. The van der Waals surface area contributed by atoms with E-state index in [-0.39, 0.29) is 5.78 Å². The Bertz CT molecular complexity index is 666. The minimum absolute atomic E-state index is 0.0396. The van der Waals surface area contributed by atoms with E-state index in [2.05, 4.69) is 6.07 Å². The van der Waals surface area contributed by atoms with Crippen LogP contribution in [0.4, 0.5) is 0 Å². The number of carbonyl (C=O) groups is 1. The number of ether oxygens (including phenoxy) is 1. The number of fused-ring (bicyclic) bond motifs is 1. The van der Waals surface area contributed by atoms with Gasteiger partial charge in [-0.25, -0.2) is 0 Å². The van der Waals surface area contributed by atoms with Gasteiger partial charge in [-0.3, -0.25) is 4.79 Å². The van der Waals surface area contributed by atoms with Crippen molar-refractivity contribution in [2.45, 2.75) is 19.4 Å². The van der Waals surface area contributed by atoms with E-state index >= 15 is 0 Å². The van der Waals surface area contributed by atoms with Crippen molar-refractivity contribution in [3.8, 4) is 0 Å². The quantitative estimate of drug-likeness (QED) is 0.759.